The number of benzene rings is 2. The Hall–Kier alpha value is -3.71. The number of carbonyl (C=O) groups excluding carboxylic acids is 1. The van der Waals surface area contributed by atoms with Gasteiger partial charge in [-0.05, 0) is 43.2 Å². The molecule has 2 aromatic carbocycles. The number of nitrogens with zero attached hydrogens (tertiary/aromatic N) is 2. The van der Waals surface area contributed by atoms with E-state index in [0.29, 0.717) is 22.1 Å². The van der Waals surface area contributed by atoms with Crippen molar-refractivity contribution in [2.75, 3.05) is 5.32 Å². The van der Waals surface area contributed by atoms with E-state index in [1.54, 1.807) is 18.3 Å². The van der Waals surface area contributed by atoms with Crippen LogP contribution in [0.4, 0.5) is 5.69 Å². The number of carbonyl (C=O) groups is 1. The van der Waals surface area contributed by atoms with Crippen molar-refractivity contribution in [2.24, 2.45) is 0 Å². The molecule has 0 saturated heterocycles. The van der Waals surface area contributed by atoms with Gasteiger partial charge in [0, 0.05) is 23.2 Å². The van der Waals surface area contributed by atoms with Gasteiger partial charge in [0.1, 0.15) is 12.4 Å². The third-order valence-electron chi connectivity index (χ3n) is 4.53. The Labute approximate surface area is 183 Å². The maximum atomic E-state index is 12.4. The van der Waals surface area contributed by atoms with Gasteiger partial charge in [0.05, 0.1) is 11.4 Å². The Morgan fingerprint density at radius 1 is 1.16 bits per heavy atom. The Morgan fingerprint density at radius 2 is 1.97 bits per heavy atom. The zero-order valence-electron chi connectivity index (χ0n) is 17.2. The predicted octanol–water partition coefficient (Wildman–Crippen LogP) is 4.60. The fourth-order valence-electron chi connectivity index (χ4n) is 3.06. The average molecular weight is 432 g/mol. The lowest BCUT2D eigenvalue weighted by atomic mass is 10.2. The number of hydrogen-bond donors (Lipinski definition) is 1. The minimum absolute atomic E-state index is 0.120. The van der Waals surface area contributed by atoms with E-state index < -0.39 is 0 Å². The van der Waals surface area contributed by atoms with Gasteiger partial charge in [0.25, 0.3) is 5.56 Å². The van der Waals surface area contributed by atoms with Crippen LogP contribution >= 0.6 is 11.3 Å². The van der Waals surface area contributed by atoms with Gasteiger partial charge in [-0.2, -0.15) is 0 Å². The van der Waals surface area contributed by atoms with Crippen LogP contribution in [0.3, 0.4) is 0 Å². The summed E-state index contributed by atoms with van der Waals surface area (Å²) < 4.78 is 7.44. The van der Waals surface area contributed by atoms with Crippen molar-refractivity contribution < 1.29 is 9.53 Å². The van der Waals surface area contributed by atoms with Crippen LogP contribution in [-0.2, 0) is 11.4 Å². The van der Waals surface area contributed by atoms with Crippen LogP contribution in [0, 0.1) is 13.8 Å². The number of hydrogen-bond acceptors (Lipinski definition) is 5. The van der Waals surface area contributed by atoms with E-state index in [1.165, 1.54) is 27.9 Å². The van der Waals surface area contributed by atoms with Crippen molar-refractivity contribution in [3.8, 4) is 5.75 Å². The lowest BCUT2D eigenvalue weighted by Crippen LogP contribution is -2.14. The highest BCUT2D eigenvalue weighted by Gasteiger charge is 2.10. The monoisotopic (exact) mass is 431 g/mol. The largest absolute Gasteiger partial charge is 0.485 e. The molecule has 156 valence electrons. The maximum absolute atomic E-state index is 12.4. The highest BCUT2D eigenvalue weighted by atomic mass is 32.1. The second-order valence-corrected chi connectivity index (χ2v) is 8.31. The van der Waals surface area contributed by atoms with Gasteiger partial charge in [-0.3, -0.25) is 14.0 Å². The number of rotatable bonds is 6. The zero-order chi connectivity index (χ0) is 21.8. The molecule has 2 aromatic heterocycles. The molecule has 0 atom stereocenters. The highest BCUT2D eigenvalue weighted by molar-refractivity contribution is 7.16. The quantitative estimate of drug-likeness (QED) is 0.453. The molecule has 31 heavy (non-hydrogen) atoms. The number of aryl methyl sites for hydroxylation is 2. The summed E-state index contributed by atoms with van der Waals surface area (Å²) in [5.74, 6) is 0.252. The maximum Gasteiger partial charge on any atom is 0.258 e. The standard InChI is InChI=1S/C24H21N3O3S/c1-16-8-10-21(20(12-16)26-22(28)11-9-18-6-4-3-5-7-18)30-15-19-13-23(29)27-14-17(2)31-24(27)25-19/h3-14H,15H2,1-2H3,(H,26,28). The minimum Gasteiger partial charge on any atom is -0.485 e. The van der Waals surface area contributed by atoms with Crippen LogP contribution < -0.4 is 15.6 Å². The Balaban J connectivity index is 1.50. The van der Waals surface area contributed by atoms with Crippen LogP contribution in [0.15, 0.2) is 71.7 Å². The Morgan fingerprint density at radius 3 is 2.77 bits per heavy atom. The van der Waals surface area contributed by atoms with E-state index >= 15 is 0 Å². The van der Waals surface area contributed by atoms with Gasteiger partial charge in [-0.25, -0.2) is 4.98 Å². The molecular formula is C24H21N3O3S. The molecule has 0 aliphatic heterocycles. The van der Waals surface area contributed by atoms with E-state index in [0.717, 1.165) is 16.0 Å². The molecule has 4 aromatic rings. The first kappa shape index (κ1) is 20.6. The van der Waals surface area contributed by atoms with Gasteiger partial charge >= 0.3 is 0 Å². The summed E-state index contributed by atoms with van der Waals surface area (Å²) in [4.78, 5) is 30.8. The van der Waals surface area contributed by atoms with Gasteiger partial charge in [0.2, 0.25) is 5.91 Å². The highest BCUT2D eigenvalue weighted by Crippen LogP contribution is 2.26. The topological polar surface area (TPSA) is 72.7 Å². The predicted molar refractivity (Wildman–Crippen MR) is 124 cm³/mol. The molecule has 0 bridgehead atoms. The molecule has 0 aliphatic carbocycles. The average Bonchev–Trinajstić information content (AvgIpc) is 3.13. The van der Waals surface area contributed by atoms with E-state index in [-0.39, 0.29) is 18.1 Å². The molecule has 1 amide bonds. The third kappa shape index (κ3) is 5.07. The molecule has 1 N–H and O–H groups in total. The first-order valence-electron chi connectivity index (χ1n) is 9.74. The Kier molecular flexibility index (Phi) is 5.95. The summed E-state index contributed by atoms with van der Waals surface area (Å²) in [5, 5.41) is 2.87. The van der Waals surface area contributed by atoms with Crippen LogP contribution in [0.5, 0.6) is 5.75 Å². The van der Waals surface area contributed by atoms with E-state index in [9.17, 15) is 9.59 Å². The molecule has 0 spiro atoms. The normalized spacial score (nSPS) is 11.2. The Bertz CT molecular complexity index is 1320. The number of ether oxygens (including phenoxy) is 1. The lowest BCUT2D eigenvalue weighted by Gasteiger charge is -2.12. The van der Waals surface area contributed by atoms with Gasteiger partial charge < -0.3 is 10.1 Å². The fraction of sp³-hybridized carbons (Fsp3) is 0.125. The summed E-state index contributed by atoms with van der Waals surface area (Å²) in [5.41, 5.74) is 2.88. The summed E-state index contributed by atoms with van der Waals surface area (Å²) in [6.45, 7) is 3.99. The number of thiazole rings is 1. The molecule has 0 unspecified atom stereocenters. The summed E-state index contributed by atoms with van der Waals surface area (Å²) in [6.07, 6.45) is 5.01. The summed E-state index contributed by atoms with van der Waals surface area (Å²) in [6, 6.07) is 16.6. The number of nitrogens with one attached hydrogen (secondary N) is 1. The molecule has 0 radical (unpaired) electrons. The second-order valence-electron chi connectivity index (χ2n) is 7.10. The van der Waals surface area contributed by atoms with Gasteiger partial charge in [0.15, 0.2) is 4.96 Å². The van der Waals surface area contributed by atoms with Crippen molar-refractivity contribution in [3.05, 3.63) is 98.9 Å². The smallest absolute Gasteiger partial charge is 0.258 e. The van der Waals surface area contributed by atoms with Crippen LogP contribution in [-0.4, -0.2) is 15.3 Å². The molecule has 4 rings (SSSR count). The van der Waals surface area contributed by atoms with Crippen LogP contribution in [0.1, 0.15) is 21.7 Å². The van der Waals surface area contributed by atoms with E-state index in [2.05, 4.69) is 10.3 Å². The van der Waals surface area contributed by atoms with Crippen molar-refractivity contribution in [2.45, 2.75) is 20.5 Å². The SMILES string of the molecule is Cc1ccc(OCc2cc(=O)n3cc(C)sc3n2)c(NC(=O)C=Cc2ccccc2)c1. The number of anilines is 1. The zero-order valence-corrected chi connectivity index (χ0v) is 18.0. The van der Waals surface area contributed by atoms with Gasteiger partial charge in [-0.1, -0.05) is 36.4 Å². The molecule has 0 fully saturated rings. The number of amides is 1. The van der Waals surface area contributed by atoms with Crippen LogP contribution in [0.25, 0.3) is 11.0 Å². The molecule has 7 heteroatoms. The summed E-state index contributed by atoms with van der Waals surface area (Å²) in [7, 11) is 0. The van der Waals surface area contributed by atoms with E-state index in [1.807, 2.05) is 56.3 Å². The van der Waals surface area contributed by atoms with Crippen LogP contribution in [0.2, 0.25) is 0 Å². The number of aromatic nitrogens is 2. The first-order valence-corrected chi connectivity index (χ1v) is 10.6. The number of fused-ring (bicyclic) bond motifs is 1. The molecule has 0 aliphatic rings. The minimum atomic E-state index is -0.258. The molecule has 6 nitrogen and oxygen atoms in total. The van der Waals surface area contributed by atoms with E-state index in [4.69, 9.17) is 4.74 Å². The van der Waals surface area contributed by atoms with Crippen molar-refractivity contribution in [3.63, 3.8) is 0 Å². The summed E-state index contributed by atoms with van der Waals surface area (Å²) >= 11 is 1.45. The first-order chi connectivity index (χ1) is 15.0. The second kappa shape index (κ2) is 8.97. The van der Waals surface area contributed by atoms with Crippen molar-refractivity contribution in [1.29, 1.82) is 0 Å². The molecule has 2 heterocycles. The van der Waals surface area contributed by atoms with Gasteiger partial charge in [-0.15, -0.1) is 11.3 Å². The van der Waals surface area contributed by atoms with Crippen molar-refractivity contribution >= 4 is 34.0 Å². The lowest BCUT2D eigenvalue weighted by molar-refractivity contribution is -0.111. The van der Waals surface area contributed by atoms with Crippen molar-refractivity contribution in [1.82, 2.24) is 9.38 Å². The fourth-order valence-corrected chi connectivity index (χ4v) is 3.91. The molecular weight excluding hydrogens is 410 g/mol. The molecule has 0 saturated carbocycles. The third-order valence-corrected chi connectivity index (χ3v) is 5.43.